The number of carbonyl (C=O) groups is 4. The number of esters is 2. The molecule has 0 saturated heterocycles. The highest BCUT2D eigenvalue weighted by Gasteiger charge is 2.34. The van der Waals surface area contributed by atoms with Gasteiger partial charge in [-0.25, -0.2) is 9.78 Å². The Morgan fingerprint density at radius 2 is 1.56 bits per heavy atom. The minimum absolute atomic E-state index is 0.123. The first-order valence-electron chi connectivity index (χ1n) is 19.5. The molecule has 3 aromatic rings. The molecule has 304 valence electrons. The molecule has 0 radical (unpaired) electrons. The van der Waals surface area contributed by atoms with Gasteiger partial charge in [-0.15, -0.1) is 0 Å². The first kappa shape index (κ1) is 42.4. The van der Waals surface area contributed by atoms with E-state index in [9.17, 15) is 19.2 Å². The van der Waals surface area contributed by atoms with E-state index in [0.717, 1.165) is 56.8 Å². The molecule has 4 N–H and O–H groups in total. The van der Waals surface area contributed by atoms with Crippen LogP contribution in [0.25, 0.3) is 33.2 Å². The Morgan fingerprint density at radius 1 is 0.877 bits per heavy atom. The second-order valence-electron chi connectivity index (χ2n) is 15.6. The van der Waals surface area contributed by atoms with Gasteiger partial charge >= 0.3 is 18.0 Å². The number of aromatic nitrogens is 4. The molecule has 0 fully saturated rings. The lowest BCUT2D eigenvalue weighted by Gasteiger charge is -2.19. The molecule has 2 unspecified atom stereocenters. The van der Waals surface area contributed by atoms with Crippen LogP contribution in [-0.4, -0.2) is 76.8 Å². The van der Waals surface area contributed by atoms with Crippen LogP contribution < -0.4 is 10.6 Å². The van der Waals surface area contributed by atoms with Crippen LogP contribution in [-0.2, 0) is 36.6 Å². The van der Waals surface area contributed by atoms with Crippen molar-refractivity contribution in [2.75, 3.05) is 27.3 Å². The van der Waals surface area contributed by atoms with Crippen LogP contribution in [0.15, 0.2) is 30.9 Å². The van der Waals surface area contributed by atoms with Crippen molar-refractivity contribution in [3.05, 3.63) is 81.4 Å². The number of rotatable bonds is 12. The fourth-order valence-electron chi connectivity index (χ4n) is 7.59. The third-order valence-corrected chi connectivity index (χ3v) is 10.7. The van der Waals surface area contributed by atoms with E-state index in [4.69, 9.17) is 24.2 Å². The normalized spacial score (nSPS) is 15.3. The molecule has 13 nitrogen and oxygen atoms in total. The highest BCUT2D eigenvalue weighted by atomic mass is 16.6. The van der Waals surface area contributed by atoms with Crippen LogP contribution >= 0.6 is 0 Å². The quantitative estimate of drug-likeness (QED) is 0.0811. The SMILES string of the molecule is C=CC1=C(C)c2cc3nc(c(CC(=O)OC)c4[nH]c(cc5[nH]c(cc1n2)c(C)c5CC)c(C)c4C(=O)NCCCNC(=O)OC(C)(C)C)C(CCC(=O)OC)C3C. The van der Waals surface area contributed by atoms with E-state index >= 15 is 0 Å². The van der Waals surface area contributed by atoms with Gasteiger partial charge in [-0.2, -0.15) is 0 Å². The summed E-state index contributed by atoms with van der Waals surface area (Å²) in [6.45, 7) is 20.1. The predicted octanol–water partition coefficient (Wildman–Crippen LogP) is 7.81. The molecule has 2 aliphatic heterocycles. The van der Waals surface area contributed by atoms with Crippen molar-refractivity contribution in [2.45, 2.75) is 105 Å². The van der Waals surface area contributed by atoms with Gasteiger partial charge in [0.15, 0.2) is 0 Å². The number of hydrogen-bond acceptors (Lipinski definition) is 9. The molecular formula is C44H56N6O7. The van der Waals surface area contributed by atoms with Crippen LogP contribution in [0.1, 0.15) is 128 Å². The second kappa shape index (κ2) is 17.6. The molecular weight excluding hydrogens is 725 g/mol. The number of aryl methyl sites for hydroxylation is 3. The Bertz CT molecular complexity index is 2290. The fourth-order valence-corrected chi connectivity index (χ4v) is 7.59. The summed E-state index contributed by atoms with van der Waals surface area (Å²) < 4.78 is 15.6. The standard InChI is InChI=1S/C44H56N6O7/c1-12-27-23(3)31-20-33-25(5)29(15-16-37(51)55-10)40(49-33)30(19-38(52)56-11)41-39(42(53)45-17-14-18-46-43(54)57-44(7,8)9)26(6)34(50-41)22-36-28(13-2)24(4)32(48-36)21-35(27)47-31/h12,20-22,25,29,48,50H,1,13-19H2,2-11H3,(H,45,53)(H,46,54). The Labute approximate surface area is 334 Å². The van der Waals surface area contributed by atoms with E-state index in [1.807, 2.05) is 45.0 Å². The van der Waals surface area contributed by atoms with Crippen LogP contribution in [0.3, 0.4) is 0 Å². The van der Waals surface area contributed by atoms with Gasteiger partial charge in [0, 0.05) is 64.7 Å². The third kappa shape index (κ3) is 9.30. The lowest BCUT2D eigenvalue weighted by molar-refractivity contribution is -0.141. The summed E-state index contributed by atoms with van der Waals surface area (Å²) in [5, 5.41) is 5.75. The van der Waals surface area contributed by atoms with Crippen LogP contribution in [0.5, 0.6) is 0 Å². The zero-order chi connectivity index (χ0) is 41.8. The molecule has 2 atom stereocenters. The Morgan fingerprint density at radius 3 is 2.21 bits per heavy atom. The Kier molecular flexibility index (Phi) is 13.1. The number of methoxy groups -OCH3 is 2. The number of alkyl carbamates (subject to hydrolysis) is 1. The summed E-state index contributed by atoms with van der Waals surface area (Å²) in [5.41, 5.74) is 10.6. The smallest absolute Gasteiger partial charge is 0.407 e. The van der Waals surface area contributed by atoms with Crippen LogP contribution in [0, 0.1) is 13.8 Å². The molecule has 2 aliphatic rings. The van der Waals surface area contributed by atoms with Crippen LogP contribution in [0.4, 0.5) is 4.79 Å². The summed E-state index contributed by atoms with van der Waals surface area (Å²) in [6.07, 6.45) is 2.79. The first-order valence-corrected chi connectivity index (χ1v) is 19.5. The van der Waals surface area contributed by atoms with Gasteiger partial charge in [0.1, 0.15) is 5.60 Å². The van der Waals surface area contributed by atoms with Crippen molar-refractivity contribution in [3.63, 3.8) is 0 Å². The number of hydrogen-bond donors (Lipinski definition) is 4. The van der Waals surface area contributed by atoms with Crippen molar-refractivity contribution in [1.29, 1.82) is 0 Å². The molecule has 0 saturated carbocycles. The van der Waals surface area contributed by atoms with E-state index < -0.39 is 17.7 Å². The number of amides is 2. The monoisotopic (exact) mass is 780 g/mol. The van der Waals surface area contributed by atoms with Gasteiger partial charge in [0.05, 0.1) is 48.8 Å². The minimum Gasteiger partial charge on any atom is -0.469 e. The maximum atomic E-state index is 14.4. The second-order valence-corrected chi connectivity index (χ2v) is 15.6. The van der Waals surface area contributed by atoms with Crippen molar-refractivity contribution in [3.8, 4) is 0 Å². The Hall–Kier alpha value is -5.72. The maximum absolute atomic E-state index is 14.4. The lowest BCUT2D eigenvalue weighted by atomic mass is 9.85. The van der Waals surface area contributed by atoms with E-state index in [0.29, 0.717) is 46.3 Å². The Balaban J connectivity index is 1.81. The average Bonchev–Trinajstić information content (AvgIpc) is 3.84. The highest BCUT2D eigenvalue weighted by Crippen LogP contribution is 2.43. The topological polar surface area (TPSA) is 177 Å². The summed E-state index contributed by atoms with van der Waals surface area (Å²) >= 11 is 0. The molecule has 57 heavy (non-hydrogen) atoms. The number of aromatic amines is 2. The predicted molar refractivity (Wildman–Crippen MR) is 222 cm³/mol. The molecule has 5 heterocycles. The number of fused-ring (bicyclic) bond motifs is 8. The highest BCUT2D eigenvalue weighted by molar-refractivity contribution is 6.06. The maximum Gasteiger partial charge on any atom is 0.407 e. The zero-order valence-corrected chi connectivity index (χ0v) is 34.9. The summed E-state index contributed by atoms with van der Waals surface area (Å²) in [7, 11) is 2.68. The number of nitrogens with one attached hydrogen (secondary N) is 4. The number of nitrogens with zero attached hydrogens (tertiary/aromatic N) is 2. The summed E-state index contributed by atoms with van der Waals surface area (Å²) in [6, 6.07) is 6.00. The number of ether oxygens (including phenoxy) is 3. The summed E-state index contributed by atoms with van der Waals surface area (Å²) in [4.78, 5) is 69.8. The van der Waals surface area contributed by atoms with E-state index in [2.05, 4.69) is 41.0 Å². The van der Waals surface area contributed by atoms with E-state index in [1.54, 1.807) is 20.8 Å². The minimum atomic E-state index is -0.631. The average molecular weight is 781 g/mol. The number of allylic oxidation sites excluding steroid dienone is 3. The van der Waals surface area contributed by atoms with E-state index in [-0.39, 0.29) is 49.6 Å². The molecule has 0 spiro atoms. The molecule has 8 bridgehead atoms. The molecule has 2 amide bonds. The van der Waals surface area contributed by atoms with Gasteiger partial charge in [-0.1, -0.05) is 26.5 Å². The lowest BCUT2D eigenvalue weighted by Crippen LogP contribution is -2.34. The summed E-state index contributed by atoms with van der Waals surface area (Å²) in [5.74, 6) is -1.76. The van der Waals surface area contributed by atoms with Crippen LogP contribution in [0.2, 0.25) is 0 Å². The zero-order valence-electron chi connectivity index (χ0n) is 34.9. The van der Waals surface area contributed by atoms with Crippen molar-refractivity contribution >= 4 is 57.2 Å². The number of H-pyrrole nitrogens is 2. The molecule has 0 aromatic carbocycles. The molecule has 0 aliphatic carbocycles. The molecule has 5 rings (SSSR count). The van der Waals surface area contributed by atoms with Gasteiger partial charge in [0.2, 0.25) is 0 Å². The van der Waals surface area contributed by atoms with Gasteiger partial charge in [-0.05, 0) is 101 Å². The fraction of sp³-hybridized carbons (Fsp3) is 0.455. The van der Waals surface area contributed by atoms with Crippen molar-refractivity contribution in [1.82, 2.24) is 30.6 Å². The van der Waals surface area contributed by atoms with Crippen molar-refractivity contribution in [2.24, 2.45) is 0 Å². The van der Waals surface area contributed by atoms with Gasteiger partial charge in [0.25, 0.3) is 5.91 Å². The third-order valence-electron chi connectivity index (χ3n) is 10.7. The van der Waals surface area contributed by atoms with Crippen molar-refractivity contribution < 1.29 is 33.4 Å². The first-order chi connectivity index (χ1) is 27.0. The van der Waals surface area contributed by atoms with Gasteiger partial charge < -0.3 is 34.8 Å². The molecule has 3 aromatic heterocycles. The van der Waals surface area contributed by atoms with Gasteiger partial charge in [-0.3, -0.25) is 19.4 Å². The number of carbonyl (C=O) groups excluding carboxylic acids is 4. The van der Waals surface area contributed by atoms with E-state index in [1.165, 1.54) is 14.2 Å². The molecule has 13 heteroatoms. The largest absolute Gasteiger partial charge is 0.469 e.